The molecule has 0 amide bonds. The molecule has 0 unspecified atom stereocenters. The van der Waals surface area contributed by atoms with Crippen molar-refractivity contribution in [2.75, 3.05) is 0 Å². The predicted molar refractivity (Wildman–Crippen MR) is 63.9 cm³/mol. The quantitative estimate of drug-likeness (QED) is 0.858. The van der Waals surface area contributed by atoms with Gasteiger partial charge in [0.1, 0.15) is 5.69 Å². The molecule has 3 heteroatoms. The minimum atomic E-state index is -0.845. The molecule has 16 heavy (non-hydrogen) atoms. The van der Waals surface area contributed by atoms with Gasteiger partial charge in [0.15, 0.2) is 0 Å². The SMILES string of the molecule is CCCn1c(C(=O)O)c(C)c2ccccc21. The highest BCUT2D eigenvalue weighted by Gasteiger charge is 2.18. The number of hydrogen-bond acceptors (Lipinski definition) is 1. The molecule has 3 nitrogen and oxygen atoms in total. The zero-order valence-electron chi connectivity index (χ0n) is 9.53. The maximum Gasteiger partial charge on any atom is 0.352 e. The number of aryl methyl sites for hydroxylation is 2. The van der Waals surface area contributed by atoms with Crippen LogP contribution < -0.4 is 0 Å². The van der Waals surface area contributed by atoms with E-state index in [4.69, 9.17) is 0 Å². The van der Waals surface area contributed by atoms with Crippen molar-refractivity contribution in [2.45, 2.75) is 26.8 Å². The van der Waals surface area contributed by atoms with E-state index in [1.165, 1.54) is 0 Å². The summed E-state index contributed by atoms with van der Waals surface area (Å²) in [6.07, 6.45) is 0.929. The van der Waals surface area contributed by atoms with E-state index in [1.807, 2.05) is 35.8 Å². The van der Waals surface area contributed by atoms with Crippen LogP contribution in [0.5, 0.6) is 0 Å². The molecule has 0 aliphatic heterocycles. The van der Waals surface area contributed by atoms with E-state index in [0.717, 1.165) is 29.4 Å². The van der Waals surface area contributed by atoms with Crippen LogP contribution in [0, 0.1) is 6.92 Å². The molecule has 2 aromatic rings. The second kappa shape index (κ2) is 4.00. The molecule has 0 saturated carbocycles. The fourth-order valence-electron chi connectivity index (χ4n) is 2.21. The average molecular weight is 217 g/mol. The first-order valence-corrected chi connectivity index (χ1v) is 5.48. The fourth-order valence-corrected chi connectivity index (χ4v) is 2.21. The lowest BCUT2D eigenvalue weighted by Gasteiger charge is -2.06. The van der Waals surface area contributed by atoms with Gasteiger partial charge in [0.05, 0.1) is 0 Å². The highest BCUT2D eigenvalue weighted by molar-refractivity contribution is 5.98. The fraction of sp³-hybridized carbons (Fsp3) is 0.308. The Kier molecular flexibility index (Phi) is 2.69. The molecule has 0 fully saturated rings. The lowest BCUT2D eigenvalue weighted by Crippen LogP contribution is -2.09. The summed E-state index contributed by atoms with van der Waals surface area (Å²) in [4.78, 5) is 11.3. The van der Waals surface area contributed by atoms with E-state index in [2.05, 4.69) is 6.92 Å². The van der Waals surface area contributed by atoms with Gasteiger partial charge in [0.2, 0.25) is 0 Å². The van der Waals surface area contributed by atoms with Crippen LogP contribution in [0.4, 0.5) is 0 Å². The lowest BCUT2D eigenvalue weighted by atomic mass is 10.1. The topological polar surface area (TPSA) is 42.2 Å². The molecular formula is C13H15NO2. The number of carboxylic acids is 1. The largest absolute Gasteiger partial charge is 0.477 e. The standard InChI is InChI=1S/C13H15NO2/c1-3-8-14-11-7-5-4-6-10(11)9(2)12(14)13(15)16/h4-7H,3,8H2,1-2H3,(H,15,16). The van der Waals surface area contributed by atoms with Crippen molar-refractivity contribution in [2.24, 2.45) is 0 Å². The Morgan fingerprint density at radius 2 is 2.06 bits per heavy atom. The Hall–Kier alpha value is -1.77. The first-order chi connectivity index (χ1) is 7.66. The van der Waals surface area contributed by atoms with E-state index >= 15 is 0 Å². The smallest absolute Gasteiger partial charge is 0.352 e. The van der Waals surface area contributed by atoms with Gasteiger partial charge in [-0.05, 0) is 25.0 Å². The Balaban J connectivity index is 2.80. The average Bonchev–Trinajstić information content (AvgIpc) is 2.54. The van der Waals surface area contributed by atoms with Crippen molar-refractivity contribution < 1.29 is 9.90 Å². The van der Waals surface area contributed by atoms with Crippen LogP contribution in [0.1, 0.15) is 29.4 Å². The lowest BCUT2D eigenvalue weighted by molar-refractivity contribution is 0.0685. The second-order valence-electron chi connectivity index (χ2n) is 3.95. The number of nitrogens with zero attached hydrogens (tertiary/aromatic N) is 1. The molecular weight excluding hydrogens is 202 g/mol. The van der Waals surface area contributed by atoms with Crippen molar-refractivity contribution in [1.82, 2.24) is 4.57 Å². The normalized spacial score (nSPS) is 10.9. The van der Waals surface area contributed by atoms with E-state index in [9.17, 15) is 9.90 Å². The molecule has 0 aliphatic carbocycles. The Morgan fingerprint density at radius 1 is 1.38 bits per heavy atom. The van der Waals surface area contributed by atoms with Gasteiger partial charge in [0.25, 0.3) is 0 Å². The first kappa shape index (κ1) is 10.7. The van der Waals surface area contributed by atoms with Crippen LogP contribution in [0.3, 0.4) is 0 Å². The maximum absolute atomic E-state index is 11.3. The molecule has 0 atom stereocenters. The second-order valence-corrected chi connectivity index (χ2v) is 3.95. The van der Waals surface area contributed by atoms with Gasteiger partial charge in [-0.1, -0.05) is 25.1 Å². The van der Waals surface area contributed by atoms with Crippen LogP contribution in [0.2, 0.25) is 0 Å². The van der Waals surface area contributed by atoms with Gasteiger partial charge in [0, 0.05) is 17.4 Å². The summed E-state index contributed by atoms with van der Waals surface area (Å²) in [6, 6.07) is 7.84. The van der Waals surface area contributed by atoms with Gasteiger partial charge < -0.3 is 9.67 Å². The van der Waals surface area contributed by atoms with Crippen LogP contribution in [-0.4, -0.2) is 15.6 Å². The molecule has 84 valence electrons. The summed E-state index contributed by atoms with van der Waals surface area (Å²) >= 11 is 0. The van der Waals surface area contributed by atoms with Gasteiger partial charge in [-0.25, -0.2) is 4.79 Å². The van der Waals surface area contributed by atoms with Gasteiger partial charge >= 0.3 is 5.97 Å². The van der Waals surface area contributed by atoms with Crippen molar-refractivity contribution in [3.63, 3.8) is 0 Å². The number of carboxylic acid groups (broad SMARTS) is 1. The van der Waals surface area contributed by atoms with Crippen molar-refractivity contribution in [3.8, 4) is 0 Å². The molecule has 0 radical (unpaired) electrons. The van der Waals surface area contributed by atoms with E-state index in [-0.39, 0.29) is 0 Å². The molecule has 0 spiro atoms. The highest BCUT2D eigenvalue weighted by Crippen LogP contribution is 2.25. The molecule has 1 N–H and O–H groups in total. The summed E-state index contributed by atoms with van der Waals surface area (Å²) in [5.74, 6) is -0.845. The first-order valence-electron chi connectivity index (χ1n) is 5.48. The summed E-state index contributed by atoms with van der Waals surface area (Å²) < 4.78 is 1.90. The number of benzene rings is 1. The van der Waals surface area contributed by atoms with Crippen LogP contribution >= 0.6 is 0 Å². The van der Waals surface area contributed by atoms with Crippen molar-refractivity contribution in [3.05, 3.63) is 35.5 Å². The number of aromatic carboxylic acids is 1. The number of hydrogen-bond donors (Lipinski definition) is 1. The molecule has 0 bridgehead atoms. The van der Waals surface area contributed by atoms with E-state index in [1.54, 1.807) is 0 Å². The molecule has 0 saturated heterocycles. The Labute approximate surface area is 94.3 Å². The Bertz CT molecular complexity index is 540. The number of rotatable bonds is 3. The number of fused-ring (bicyclic) bond motifs is 1. The molecule has 2 rings (SSSR count). The third kappa shape index (κ3) is 1.48. The minimum Gasteiger partial charge on any atom is -0.477 e. The van der Waals surface area contributed by atoms with E-state index < -0.39 is 5.97 Å². The predicted octanol–water partition coefficient (Wildman–Crippen LogP) is 3.06. The Morgan fingerprint density at radius 3 is 2.69 bits per heavy atom. The third-order valence-corrected chi connectivity index (χ3v) is 2.87. The molecule has 1 aromatic carbocycles. The summed E-state index contributed by atoms with van der Waals surface area (Å²) in [5.41, 5.74) is 2.29. The highest BCUT2D eigenvalue weighted by atomic mass is 16.4. The number of para-hydroxylation sites is 1. The van der Waals surface area contributed by atoms with Crippen molar-refractivity contribution in [1.29, 1.82) is 0 Å². The summed E-state index contributed by atoms with van der Waals surface area (Å²) in [6.45, 7) is 4.67. The van der Waals surface area contributed by atoms with Crippen LogP contribution in [-0.2, 0) is 6.54 Å². The zero-order valence-corrected chi connectivity index (χ0v) is 9.53. The van der Waals surface area contributed by atoms with Gasteiger partial charge in [-0.3, -0.25) is 0 Å². The molecule has 1 heterocycles. The maximum atomic E-state index is 11.3. The summed E-state index contributed by atoms with van der Waals surface area (Å²) in [5, 5.41) is 10.3. The number of aromatic nitrogens is 1. The van der Waals surface area contributed by atoms with Crippen molar-refractivity contribution >= 4 is 16.9 Å². The molecule has 0 aliphatic rings. The van der Waals surface area contributed by atoms with Gasteiger partial charge in [-0.15, -0.1) is 0 Å². The van der Waals surface area contributed by atoms with Gasteiger partial charge in [-0.2, -0.15) is 0 Å². The third-order valence-electron chi connectivity index (χ3n) is 2.87. The van der Waals surface area contributed by atoms with Crippen LogP contribution in [0.25, 0.3) is 10.9 Å². The summed E-state index contributed by atoms with van der Waals surface area (Å²) in [7, 11) is 0. The zero-order chi connectivity index (χ0) is 11.7. The van der Waals surface area contributed by atoms with E-state index in [0.29, 0.717) is 5.69 Å². The number of carbonyl (C=O) groups is 1. The monoisotopic (exact) mass is 217 g/mol. The molecule has 1 aromatic heterocycles. The van der Waals surface area contributed by atoms with Crippen LogP contribution in [0.15, 0.2) is 24.3 Å². The minimum absolute atomic E-state index is 0.419.